The second kappa shape index (κ2) is 10.6. The number of esters is 1. The van der Waals surface area contributed by atoms with Crippen molar-refractivity contribution < 1.29 is 18.7 Å². The number of hydrogen-bond acceptors (Lipinski definition) is 6. The lowest BCUT2D eigenvalue weighted by Crippen LogP contribution is -2.36. The summed E-state index contributed by atoms with van der Waals surface area (Å²) in [7, 11) is 0. The summed E-state index contributed by atoms with van der Waals surface area (Å²) in [4.78, 5) is 27.8. The molecule has 4 nitrogen and oxygen atoms in total. The van der Waals surface area contributed by atoms with Gasteiger partial charge in [0.05, 0.1) is 11.5 Å². The Bertz CT molecular complexity index is 1130. The maximum atomic E-state index is 15.1. The number of ketones is 1. The van der Waals surface area contributed by atoms with Gasteiger partial charge in [-0.3, -0.25) is 4.79 Å². The van der Waals surface area contributed by atoms with Crippen molar-refractivity contribution >= 4 is 50.8 Å². The summed E-state index contributed by atoms with van der Waals surface area (Å²) in [6.45, 7) is 4.10. The molecule has 0 spiro atoms. The van der Waals surface area contributed by atoms with Crippen molar-refractivity contribution in [2.45, 2.75) is 38.5 Å². The van der Waals surface area contributed by atoms with Crippen LogP contribution < -0.4 is 5.32 Å². The molecule has 0 radical (unpaired) electrons. The first-order valence-electron chi connectivity index (χ1n) is 10.9. The Hall–Kier alpha value is -1.90. The maximum Gasteiger partial charge on any atom is 0.336 e. The molecule has 2 heterocycles. The number of carbonyl (C=O) groups excluding carboxylic acids is 2. The number of carbonyl (C=O) groups is 2. The van der Waals surface area contributed by atoms with Gasteiger partial charge in [-0.1, -0.05) is 28.9 Å². The Kier molecular flexibility index (Phi) is 7.76. The highest BCUT2D eigenvalue weighted by Crippen LogP contribution is 2.47. The number of nitrogens with one attached hydrogen (secondary N) is 1. The topological polar surface area (TPSA) is 55.4 Å². The van der Waals surface area contributed by atoms with Gasteiger partial charge in [-0.25, -0.2) is 9.18 Å². The molecule has 2 aromatic rings. The molecule has 1 aliphatic heterocycles. The fourth-order valence-electron chi connectivity index (χ4n) is 4.50. The van der Waals surface area contributed by atoms with Crippen LogP contribution in [-0.4, -0.2) is 29.9 Å². The average molecular weight is 551 g/mol. The lowest BCUT2D eigenvalue weighted by molar-refractivity contribution is -0.138. The van der Waals surface area contributed by atoms with E-state index in [0.717, 1.165) is 16.3 Å². The van der Waals surface area contributed by atoms with Gasteiger partial charge in [0.25, 0.3) is 0 Å². The minimum atomic E-state index is -0.804. The van der Waals surface area contributed by atoms with Gasteiger partial charge in [-0.15, -0.1) is 11.3 Å². The summed E-state index contributed by atoms with van der Waals surface area (Å²) < 4.78 is 21.3. The van der Waals surface area contributed by atoms with Crippen LogP contribution in [0.2, 0.25) is 0 Å². The third-order valence-corrected chi connectivity index (χ3v) is 8.32. The van der Waals surface area contributed by atoms with Crippen LogP contribution in [0.5, 0.6) is 0 Å². The molecule has 0 saturated heterocycles. The molecule has 2 aliphatic rings. The number of dihydropyridines is 1. The van der Waals surface area contributed by atoms with Crippen molar-refractivity contribution in [3.8, 4) is 0 Å². The lowest BCUT2D eigenvalue weighted by atomic mass is 9.72. The molecule has 4 rings (SSSR count). The van der Waals surface area contributed by atoms with Crippen molar-refractivity contribution in [3.05, 3.63) is 79.0 Å². The number of benzene rings is 1. The van der Waals surface area contributed by atoms with Crippen LogP contribution in [0.4, 0.5) is 4.39 Å². The highest BCUT2D eigenvalue weighted by molar-refractivity contribution is 9.10. The normalized spacial score (nSPS) is 20.5. The fraction of sp³-hybridized carbons (Fsp3) is 0.360. The largest absolute Gasteiger partial charge is 0.461 e. The molecule has 1 N–H and O–H groups in total. The molecule has 0 amide bonds. The molecule has 33 heavy (non-hydrogen) atoms. The van der Waals surface area contributed by atoms with Gasteiger partial charge in [-0.05, 0) is 48.7 Å². The van der Waals surface area contributed by atoms with Crippen LogP contribution in [0.3, 0.4) is 0 Å². The molecule has 1 aromatic carbocycles. The Labute approximate surface area is 209 Å². The second-order valence-corrected chi connectivity index (χ2v) is 11.3. The van der Waals surface area contributed by atoms with Crippen molar-refractivity contribution in [3.63, 3.8) is 0 Å². The first-order valence-corrected chi connectivity index (χ1v) is 13.7. The number of hydrogen-bond donors (Lipinski definition) is 1. The maximum absolute atomic E-state index is 15.1. The first kappa shape index (κ1) is 24.2. The van der Waals surface area contributed by atoms with E-state index < -0.39 is 17.7 Å². The molecule has 1 aromatic heterocycles. The van der Waals surface area contributed by atoms with E-state index in [-0.39, 0.29) is 18.3 Å². The van der Waals surface area contributed by atoms with Crippen LogP contribution in [0, 0.1) is 5.82 Å². The minimum Gasteiger partial charge on any atom is -0.461 e. The summed E-state index contributed by atoms with van der Waals surface area (Å²) in [6, 6.07) is 8.66. The third kappa shape index (κ3) is 5.12. The minimum absolute atomic E-state index is 0.0640. The van der Waals surface area contributed by atoms with Gasteiger partial charge >= 0.3 is 5.97 Å². The zero-order valence-corrected chi connectivity index (χ0v) is 21.7. The molecule has 0 saturated carbocycles. The standard InChI is InChI=1S/C25H25BrFNO3S2/c1-3-32-10-8-31-25(30)22-14(2)28-19-11-15(21-5-4-9-33-21)12-20(29)24(19)23(22)17-13-16(26)6-7-18(17)27/h4-7,9,13,15,23,28H,3,8,10-12H2,1-2H3/t15-,23+/m0/s1. The molecule has 0 bridgehead atoms. The van der Waals surface area contributed by atoms with E-state index in [1.165, 1.54) is 6.07 Å². The van der Waals surface area contributed by atoms with Crippen molar-refractivity contribution in [1.82, 2.24) is 5.32 Å². The van der Waals surface area contributed by atoms with E-state index in [4.69, 9.17) is 4.74 Å². The third-order valence-electron chi connectivity index (χ3n) is 5.93. The van der Waals surface area contributed by atoms with E-state index in [9.17, 15) is 9.59 Å². The Morgan fingerprint density at radius 3 is 2.88 bits per heavy atom. The van der Waals surface area contributed by atoms with Crippen LogP contribution in [0.15, 0.2) is 62.7 Å². The molecule has 0 fully saturated rings. The Morgan fingerprint density at radius 2 is 2.15 bits per heavy atom. The van der Waals surface area contributed by atoms with E-state index in [1.807, 2.05) is 24.4 Å². The fourth-order valence-corrected chi connectivity index (χ4v) is 6.20. The molecular formula is C25H25BrFNO3S2. The van der Waals surface area contributed by atoms with Crippen LogP contribution in [0.25, 0.3) is 0 Å². The Balaban J connectivity index is 1.75. The van der Waals surface area contributed by atoms with Gasteiger partial charge in [0, 0.05) is 50.0 Å². The SMILES string of the molecule is CCSCCOC(=O)C1=C(C)NC2=C(C(=O)C[C@@H](c3cccs3)C2)[C@@H]1c1cc(Br)ccc1F. The van der Waals surface area contributed by atoms with Crippen molar-refractivity contribution in [1.29, 1.82) is 0 Å². The monoisotopic (exact) mass is 549 g/mol. The van der Waals surface area contributed by atoms with Gasteiger partial charge < -0.3 is 10.1 Å². The van der Waals surface area contributed by atoms with Gasteiger partial charge in [-0.2, -0.15) is 11.8 Å². The quantitative estimate of drug-likeness (QED) is 0.324. The zero-order valence-electron chi connectivity index (χ0n) is 18.5. The summed E-state index contributed by atoms with van der Waals surface area (Å²) >= 11 is 6.73. The van der Waals surface area contributed by atoms with Gasteiger partial charge in [0.2, 0.25) is 0 Å². The Morgan fingerprint density at radius 1 is 1.33 bits per heavy atom. The second-order valence-electron chi connectivity index (χ2n) is 8.03. The molecule has 0 unspecified atom stereocenters. The predicted molar refractivity (Wildman–Crippen MR) is 135 cm³/mol. The molecule has 8 heteroatoms. The predicted octanol–water partition coefficient (Wildman–Crippen LogP) is 6.31. The van der Waals surface area contributed by atoms with Gasteiger partial charge in [0.15, 0.2) is 5.78 Å². The number of thiophene rings is 1. The van der Waals surface area contributed by atoms with E-state index >= 15 is 4.39 Å². The number of thioether (sulfide) groups is 1. The number of allylic oxidation sites excluding steroid dienone is 3. The van der Waals surface area contributed by atoms with Crippen LogP contribution in [0.1, 0.15) is 49.0 Å². The summed E-state index contributed by atoms with van der Waals surface area (Å²) in [6.07, 6.45) is 0.974. The lowest BCUT2D eigenvalue weighted by Gasteiger charge is -2.36. The summed E-state index contributed by atoms with van der Waals surface area (Å²) in [5, 5.41) is 5.32. The highest BCUT2D eigenvalue weighted by Gasteiger charge is 2.42. The number of rotatable bonds is 7. The zero-order chi connectivity index (χ0) is 23.5. The smallest absolute Gasteiger partial charge is 0.336 e. The van der Waals surface area contributed by atoms with Crippen LogP contribution >= 0.6 is 39.0 Å². The van der Waals surface area contributed by atoms with E-state index in [1.54, 1.807) is 42.2 Å². The highest BCUT2D eigenvalue weighted by atomic mass is 79.9. The number of halogens is 2. The molecule has 174 valence electrons. The van der Waals surface area contributed by atoms with Crippen molar-refractivity contribution in [2.75, 3.05) is 18.1 Å². The van der Waals surface area contributed by atoms with Gasteiger partial charge in [0.1, 0.15) is 12.4 Å². The van der Waals surface area contributed by atoms with E-state index in [2.05, 4.69) is 21.2 Å². The average Bonchev–Trinajstić information content (AvgIpc) is 3.32. The molecular weight excluding hydrogens is 525 g/mol. The summed E-state index contributed by atoms with van der Waals surface area (Å²) in [5.74, 6) is -0.140. The van der Waals surface area contributed by atoms with Crippen LogP contribution in [-0.2, 0) is 14.3 Å². The number of ether oxygens (including phenoxy) is 1. The van der Waals surface area contributed by atoms with E-state index in [0.29, 0.717) is 45.5 Å². The molecule has 1 aliphatic carbocycles. The van der Waals surface area contributed by atoms with Crippen molar-refractivity contribution in [2.24, 2.45) is 0 Å². The summed E-state index contributed by atoms with van der Waals surface area (Å²) in [5.41, 5.74) is 2.45. The molecule has 2 atom stereocenters. The first-order chi connectivity index (χ1) is 15.9. The number of Topliss-reactive ketones (excluding diaryl/α,β-unsaturated/α-hetero) is 1.